The molecule has 1 amide bonds. The van der Waals surface area contributed by atoms with E-state index in [4.69, 9.17) is 15.8 Å². The Kier molecular flexibility index (Phi) is 4.93. The predicted molar refractivity (Wildman–Crippen MR) is 63.6 cm³/mol. The minimum Gasteiger partial charge on any atom is -0.423 e. The van der Waals surface area contributed by atoms with Gasteiger partial charge in [-0.05, 0) is 18.2 Å². The molecule has 0 unspecified atom stereocenters. The lowest BCUT2D eigenvalue weighted by molar-refractivity contribution is -0.137. The van der Waals surface area contributed by atoms with Crippen molar-refractivity contribution < 1.29 is 28.0 Å². The largest absolute Gasteiger partial charge is 0.490 e. The molecule has 0 atom stereocenters. The standard InChI is InChI=1S/C10H12BF3N2O3/c12-10(13,14)6-1-2-8(7(5-6)11(18)19)16-9(17)3-4-15/h1-2,5,18-19H,3-4,15H2,(H,16,17). The Morgan fingerprint density at radius 2 is 2.00 bits per heavy atom. The Balaban J connectivity index is 3.09. The smallest absolute Gasteiger partial charge is 0.423 e. The van der Waals surface area contributed by atoms with Crippen LogP contribution in [0.5, 0.6) is 0 Å². The number of hydrogen-bond acceptors (Lipinski definition) is 4. The number of nitrogens with one attached hydrogen (secondary N) is 1. The van der Waals surface area contributed by atoms with Crippen LogP contribution >= 0.6 is 0 Å². The lowest BCUT2D eigenvalue weighted by atomic mass is 9.78. The first kappa shape index (κ1) is 15.5. The predicted octanol–water partition coefficient (Wildman–Crippen LogP) is -0.327. The maximum atomic E-state index is 12.5. The molecule has 0 aliphatic carbocycles. The van der Waals surface area contributed by atoms with Gasteiger partial charge in [-0.25, -0.2) is 0 Å². The van der Waals surface area contributed by atoms with Crippen molar-refractivity contribution in [1.29, 1.82) is 0 Å². The normalized spacial score (nSPS) is 11.3. The highest BCUT2D eigenvalue weighted by Gasteiger charge is 2.32. The van der Waals surface area contributed by atoms with Gasteiger partial charge < -0.3 is 21.1 Å². The lowest BCUT2D eigenvalue weighted by Crippen LogP contribution is -2.34. The van der Waals surface area contributed by atoms with Gasteiger partial charge in [0.05, 0.1) is 5.56 Å². The first-order chi connectivity index (χ1) is 8.75. The summed E-state index contributed by atoms with van der Waals surface area (Å²) in [6.07, 6.45) is -4.63. The first-order valence-electron chi connectivity index (χ1n) is 5.33. The highest BCUT2D eigenvalue weighted by Crippen LogP contribution is 2.29. The third-order valence-corrected chi connectivity index (χ3v) is 2.30. The average molecular weight is 276 g/mol. The van der Waals surface area contributed by atoms with Crippen LogP contribution in [0.3, 0.4) is 0 Å². The fourth-order valence-corrected chi connectivity index (χ4v) is 1.41. The van der Waals surface area contributed by atoms with Crippen molar-refractivity contribution in [3.05, 3.63) is 23.8 Å². The van der Waals surface area contributed by atoms with Crippen molar-refractivity contribution in [2.24, 2.45) is 5.73 Å². The maximum Gasteiger partial charge on any atom is 0.490 e. The Labute approximate surface area is 107 Å². The fraction of sp³-hybridized carbons (Fsp3) is 0.300. The van der Waals surface area contributed by atoms with Crippen LogP contribution in [0.4, 0.5) is 18.9 Å². The molecule has 0 aliphatic rings. The topological polar surface area (TPSA) is 95.6 Å². The number of benzene rings is 1. The molecule has 0 fully saturated rings. The molecule has 0 spiro atoms. The highest BCUT2D eigenvalue weighted by atomic mass is 19.4. The van der Waals surface area contributed by atoms with Crippen molar-refractivity contribution in [1.82, 2.24) is 0 Å². The summed E-state index contributed by atoms with van der Waals surface area (Å²) in [6.45, 7) is 0.0729. The van der Waals surface area contributed by atoms with Crippen molar-refractivity contribution in [2.45, 2.75) is 12.6 Å². The van der Waals surface area contributed by atoms with E-state index in [2.05, 4.69) is 5.32 Å². The number of hydrogen-bond donors (Lipinski definition) is 4. The van der Waals surface area contributed by atoms with Crippen LogP contribution in [-0.4, -0.2) is 29.6 Å². The van der Waals surface area contributed by atoms with E-state index in [-0.39, 0.29) is 18.7 Å². The Morgan fingerprint density at radius 3 is 2.47 bits per heavy atom. The van der Waals surface area contributed by atoms with Gasteiger partial charge in [0.15, 0.2) is 0 Å². The number of nitrogens with two attached hydrogens (primary N) is 1. The SMILES string of the molecule is NCCC(=O)Nc1ccc(C(F)(F)F)cc1B(O)O. The van der Waals surface area contributed by atoms with Crippen molar-refractivity contribution in [2.75, 3.05) is 11.9 Å². The summed E-state index contributed by atoms with van der Waals surface area (Å²) in [5.74, 6) is -0.524. The third kappa shape index (κ3) is 4.23. The number of anilines is 1. The highest BCUT2D eigenvalue weighted by molar-refractivity contribution is 6.60. The summed E-state index contributed by atoms with van der Waals surface area (Å²) in [7, 11) is -2.13. The molecule has 0 radical (unpaired) electrons. The zero-order valence-corrected chi connectivity index (χ0v) is 9.74. The molecule has 19 heavy (non-hydrogen) atoms. The van der Waals surface area contributed by atoms with E-state index in [9.17, 15) is 18.0 Å². The van der Waals surface area contributed by atoms with Crippen LogP contribution in [0, 0.1) is 0 Å². The van der Waals surface area contributed by atoms with E-state index < -0.39 is 30.2 Å². The molecular formula is C10H12BF3N2O3. The van der Waals surface area contributed by atoms with Crippen LogP contribution < -0.4 is 16.5 Å². The van der Waals surface area contributed by atoms with Gasteiger partial charge in [0.1, 0.15) is 0 Å². The number of amides is 1. The van der Waals surface area contributed by atoms with E-state index >= 15 is 0 Å². The van der Waals surface area contributed by atoms with Crippen LogP contribution in [0.25, 0.3) is 0 Å². The van der Waals surface area contributed by atoms with Gasteiger partial charge >= 0.3 is 13.3 Å². The van der Waals surface area contributed by atoms with Crippen LogP contribution in [0.15, 0.2) is 18.2 Å². The number of carbonyl (C=O) groups is 1. The summed E-state index contributed by atoms with van der Waals surface area (Å²) in [5, 5.41) is 20.4. The van der Waals surface area contributed by atoms with Crippen molar-refractivity contribution in [3.63, 3.8) is 0 Å². The summed E-state index contributed by atoms with van der Waals surface area (Å²) >= 11 is 0. The third-order valence-electron chi connectivity index (χ3n) is 2.30. The van der Waals surface area contributed by atoms with E-state index in [1.165, 1.54) is 0 Å². The van der Waals surface area contributed by atoms with E-state index in [1.807, 2.05) is 0 Å². The molecule has 0 aliphatic heterocycles. The van der Waals surface area contributed by atoms with Crippen molar-refractivity contribution >= 4 is 24.2 Å². The van der Waals surface area contributed by atoms with E-state index in [1.54, 1.807) is 0 Å². The van der Waals surface area contributed by atoms with E-state index in [0.29, 0.717) is 6.07 Å². The molecule has 0 heterocycles. The molecule has 1 rings (SSSR count). The van der Waals surface area contributed by atoms with Gasteiger partial charge in [-0.2, -0.15) is 13.2 Å². The zero-order chi connectivity index (χ0) is 14.6. The van der Waals surface area contributed by atoms with Gasteiger partial charge in [0.25, 0.3) is 0 Å². The van der Waals surface area contributed by atoms with Crippen LogP contribution in [0.1, 0.15) is 12.0 Å². The lowest BCUT2D eigenvalue weighted by Gasteiger charge is -2.14. The average Bonchev–Trinajstić information content (AvgIpc) is 2.27. The minimum absolute atomic E-state index is 0.0258. The minimum atomic E-state index is -4.61. The number of rotatable bonds is 4. The second-order valence-electron chi connectivity index (χ2n) is 3.76. The second-order valence-corrected chi connectivity index (χ2v) is 3.76. The molecule has 0 saturated carbocycles. The van der Waals surface area contributed by atoms with E-state index in [0.717, 1.165) is 12.1 Å². The monoisotopic (exact) mass is 276 g/mol. The Morgan fingerprint density at radius 1 is 1.37 bits per heavy atom. The number of alkyl halides is 3. The summed E-state index contributed by atoms with van der Waals surface area (Å²) < 4.78 is 37.4. The summed E-state index contributed by atoms with van der Waals surface area (Å²) in [6, 6.07) is 2.28. The molecule has 104 valence electrons. The van der Waals surface area contributed by atoms with Gasteiger partial charge in [0.2, 0.25) is 5.91 Å². The second kappa shape index (κ2) is 6.05. The zero-order valence-electron chi connectivity index (χ0n) is 9.74. The Bertz CT molecular complexity index is 466. The van der Waals surface area contributed by atoms with Gasteiger partial charge in [-0.1, -0.05) is 0 Å². The molecule has 9 heteroatoms. The first-order valence-corrected chi connectivity index (χ1v) is 5.33. The summed E-state index contributed by atoms with van der Waals surface area (Å²) in [5.41, 5.74) is 3.59. The van der Waals surface area contributed by atoms with Gasteiger partial charge in [-0.15, -0.1) is 0 Å². The molecule has 1 aromatic carbocycles. The Hall–Kier alpha value is -1.58. The molecular weight excluding hydrogens is 264 g/mol. The molecule has 5 N–H and O–H groups in total. The number of halogens is 3. The molecule has 0 aromatic heterocycles. The molecule has 5 nitrogen and oxygen atoms in total. The molecule has 0 bridgehead atoms. The summed E-state index contributed by atoms with van der Waals surface area (Å²) in [4.78, 5) is 11.3. The fourth-order valence-electron chi connectivity index (χ4n) is 1.41. The quantitative estimate of drug-likeness (QED) is 0.566. The van der Waals surface area contributed by atoms with Crippen LogP contribution in [0.2, 0.25) is 0 Å². The number of carbonyl (C=O) groups excluding carboxylic acids is 1. The van der Waals surface area contributed by atoms with Gasteiger partial charge in [-0.3, -0.25) is 4.79 Å². The maximum absolute atomic E-state index is 12.5. The molecule has 0 saturated heterocycles. The van der Waals surface area contributed by atoms with Gasteiger partial charge in [0, 0.05) is 24.1 Å². The van der Waals surface area contributed by atoms with Crippen molar-refractivity contribution in [3.8, 4) is 0 Å². The molecule has 1 aromatic rings. The van der Waals surface area contributed by atoms with Crippen LogP contribution in [-0.2, 0) is 11.0 Å².